The zero-order valence-electron chi connectivity index (χ0n) is 18.1. The quantitative estimate of drug-likeness (QED) is 0.444. The standard InChI is InChI=1S/C21H27N3O6S/c1-5-29-20(26)14-6-8-24(9-7-14)19(25)13(2)31-21-23-22-18(30-21)15-10-16(27-3)12-17(11-15)28-4/h10-14H,5-9H2,1-4H3. The van der Waals surface area contributed by atoms with Gasteiger partial charge in [-0.2, -0.15) is 0 Å². The summed E-state index contributed by atoms with van der Waals surface area (Å²) < 4.78 is 21.4. The van der Waals surface area contributed by atoms with Crippen LogP contribution in [-0.2, 0) is 14.3 Å². The molecule has 31 heavy (non-hydrogen) atoms. The average molecular weight is 450 g/mol. The first-order valence-electron chi connectivity index (χ1n) is 10.1. The van der Waals surface area contributed by atoms with E-state index in [2.05, 4.69) is 10.2 Å². The summed E-state index contributed by atoms with van der Waals surface area (Å²) in [6, 6.07) is 5.29. The van der Waals surface area contributed by atoms with E-state index in [1.165, 1.54) is 11.8 Å². The SMILES string of the molecule is CCOC(=O)C1CCN(C(=O)C(C)Sc2nnc(-c3cc(OC)cc(OC)c3)o2)CC1. The number of carbonyl (C=O) groups excluding carboxylic acids is 2. The molecule has 1 atom stereocenters. The fraction of sp³-hybridized carbons (Fsp3) is 0.524. The van der Waals surface area contributed by atoms with Crippen molar-refractivity contribution in [1.29, 1.82) is 0 Å². The number of hydrogen-bond acceptors (Lipinski definition) is 9. The Morgan fingerprint density at radius 3 is 2.39 bits per heavy atom. The molecule has 1 amide bonds. The maximum atomic E-state index is 12.8. The Hall–Kier alpha value is -2.75. The minimum absolute atomic E-state index is 0.0184. The van der Waals surface area contributed by atoms with Crippen LogP contribution in [0.25, 0.3) is 11.5 Å². The molecule has 1 aliphatic heterocycles. The van der Waals surface area contributed by atoms with Crippen LogP contribution < -0.4 is 9.47 Å². The lowest BCUT2D eigenvalue weighted by Crippen LogP contribution is -2.43. The molecule has 2 aromatic rings. The lowest BCUT2D eigenvalue weighted by molar-refractivity contribution is -0.151. The summed E-state index contributed by atoms with van der Waals surface area (Å²) in [6.45, 7) is 5.05. The average Bonchev–Trinajstić information content (AvgIpc) is 3.26. The summed E-state index contributed by atoms with van der Waals surface area (Å²) in [5.41, 5.74) is 0.663. The fourth-order valence-electron chi connectivity index (χ4n) is 3.36. The van der Waals surface area contributed by atoms with Crippen LogP contribution in [0.15, 0.2) is 27.8 Å². The molecule has 1 saturated heterocycles. The Morgan fingerprint density at radius 2 is 1.81 bits per heavy atom. The molecule has 0 radical (unpaired) electrons. The first kappa shape index (κ1) is 22.9. The maximum Gasteiger partial charge on any atom is 0.309 e. The van der Waals surface area contributed by atoms with Crippen molar-refractivity contribution in [2.75, 3.05) is 33.9 Å². The Kier molecular flexibility index (Phi) is 7.78. The van der Waals surface area contributed by atoms with Gasteiger partial charge in [0.05, 0.1) is 32.0 Å². The molecule has 10 heteroatoms. The second-order valence-corrected chi connectivity index (χ2v) is 8.38. The van der Waals surface area contributed by atoms with Crippen LogP contribution in [-0.4, -0.2) is 66.1 Å². The minimum Gasteiger partial charge on any atom is -0.497 e. The van der Waals surface area contributed by atoms with Gasteiger partial charge >= 0.3 is 5.97 Å². The molecule has 0 saturated carbocycles. The highest BCUT2D eigenvalue weighted by atomic mass is 32.2. The van der Waals surface area contributed by atoms with E-state index in [9.17, 15) is 9.59 Å². The molecule has 0 bridgehead atoms. The molecule has 0 aliphatic carbocycles. The fourth-order valence-corrected chi connectivity index (χ4v) is 4.13. The number of likely N-dealkylation sites (tertiary alicyclic amines) is 1. The van der Waals surface area contributed by atoms with Gasteiger partial charge < -0.3 is 23.5 Å². The number of rotatable bonds is 8. The second-order valence-electron chi connectivity index (χ2n) is 7.09. The molecule has 1 unspecified atom stereocenters. The molecular formula is C21H27N3O6S. The third-order valence-corrected chi connectivity index (χ3v) is 5.98. The number of benzene rings is 1. The van der Waals surface area contributed by atoms with E-state index in [1.807, 2.05) is 6.92 Å². The van der Waals surface area contributed by atoms with Crippen molar-refractivity contribution in [3.63, 3.8) is 0 Å². The molecule has 0 N–H and O–H groups in total. The molecule has 168 valence electrons. The molecule has 3 rings (SSSR count). The Morgan fingerprint density at radius 1 is 1.16 bits per heavy atom. The minimum atomic E-state index is -0.396. The summed E-state index contributed by atoms with van der Waals surface area (Å²) in [5.74, 6) is 1.20. The van der Waals surface area contributed by atoms with Crippen molar-refractivity contribution in [3.05, 3.63) is 18.2 Å². The molecule has 1 fully saturated rings. The number of esters is 1. The highest BCUT2D eigenvalue weighted by Crippen LogP contribution is 2.32. The normalized spacial score (nSPS) is 15.4. The van der Waals surface area contributed by atoms with Crippen LogP contribution in [0.5, 0.6) is 11.5 Å². The highest BCUT2D eigenvalue weighted by molar-refractivity contribution is 8.00. The number of amides is 1. The van der Waals surface area contributed by atoms with E-state index in [-0.39, 0.29) is 17.8 Å². The Labute approximate surface area is 185 Å². The van der Waals surface area contributed by atoms with Gasteiger partial charge in [-0.25, -0.2) is 0 Å². The summed E-state index contributed by atoms with van der Waals surface area (Å²) in [4.78, 5) is 26.5. The van der Waals surface area contributed by atoms with Gasteiger partial charge in [0, 0.05) is 24.7 Å². The molecule has 1 aliphatic rings. The van der Waals surface area contributed by atoms with Crippen LogP contribution in [0.2, 0.25) is 0 Å². The molecule has 2 heterocycles. The largest absolute Gasteiger partial charge is 0.497 e. The van der Waals surface area contributed by atoms with Gasteiger partial charge in [-0.1, -0.05) is 11.8 Å². The number of thioether (sulfide) groups is 1. The van der Waals surface area contributed by atoms with E-state index in [1.54, 1.807) is 44.2 Å². The van der Waals surface area contributed by atoms with Crippen molar-refractivity contribution in [2.45, 2.75) is 37.2 Å². The van der Waals surface area contributed by atoms with Crippen LogP contribution >= 0.6 is 11.8 Å². The van der Waals surface area contributed by atoms with E-state index < -0.39 is 5.25 Å². The number of hydrogen-bond donors (Lipinski definition) is 0. The Balaban J connectivity index is 1.59. The van der Waals surface area contributed by atoms with E-state index in [0.717, 1.165) is 0 Å². The van der Waals surface area contributed by atoms with Crippen LogP contribution in [0.1, 0.15) is 26.7 Å². The van der Waals surface area contributed by atoms with Gasteiger partial charge in [-0.3, -0.25) is 9.59 Å². The van der Waals surface area contributed by atoms with Crippen LogP contribution in [0.3, 0.4) is 0 Å². The molecule has 9 nitrogen and oxygen atoms in total. The van der Waals surface area contributed by atoms with Crippen molar-refractivity contribution in [2.24, 2.45) is 5.92 Å². The molecule has 0 spiro atoms. The van der Waals surface area contributed by atoms with Crippen molar-refractivity contribution < 1.29 is 28.2 Å². The van der Waals surface area contributed by atoms with Crippen molar-refractivity contribution >= 4 is 23.6 Å². The smallest absolute Gasteiger partial charge is 0.309 e. The zero-order chi connectivity index (χ0) is 22.4. The molecular weight excluding hydrogens is 422 g/mol. The summed E-state index contributed by atoms with van der Waals surface area (Å²) in [6.07, 6.45) is 1.23. The summed E-state index contributed by atoms with van der Waals surface area (Å²) in [7, 11) is 3.13. The summed E-state index contributed by atoms with van der Waals surface area (Å²) >= 11 is 1.21. The predicted molar refractivity (Wildman–Crippen MR) is 114 cm³/mol. The van der Waals surface area contributed by atoms with Gasteiger partial charge in [0.2, 0.25) is 11.8 Å². The first-order valence-corrected chi connectivity index (χ1v) is 11.0. The number of aromatic nitrogens is 2. The van der Waals surface area contributed by atoms with Gasteiger partial charge in [0.1, 0.15) is 11.5 Å². The number of carbonyl (C=O) groups is 2. The van der Waals surface area contributed by atoms with E-state index >= 15 is 0 Å². The van der Waals surface area contributed by atoms with E-state index in [0.29, 0.717) is 60.7 Å². The third kappa shape index (κ3) is 5.69. The van der Waals surface area contributed by atoms with Crippen molar-refractivity contribution in [3.8, 4) is 23.0 Å². The van der Waals surface area contributed by atoms with E-state index in [4.69, 9.17) is 18.6 Å². The zero-order valence-corrected chi connectivity index (χ0v) is 18.9. The lowest BCUT2D eigenvalue weighted by Gasteiger charge is -2.32. The van der Waals surface area contributed by atoms with Gasteiger partial charge in [-0.15, -0.1) is 10.2 Å². The molecule has 1 aromatic carbocycles. The third-order valence-electron chi connectivity index (χ3n) is 5.06. The van der Waals surface area contributed by atoms with Crippen molar-refractivity contribution in [1.82, 2.24) is 15.1 Å². The predicted octanol–water partition coefficient (Wildman–Crippen LogP) is 3.04. The summed E-state index contributed by atoms with van der Waals surface area (Å²) in [5, 5.41) is 8.05. The topological polar surface area (TPSA) is 104 Å². The monoisotopic (exact) mass is 449 g/mol. The van der Waals surface area contributed by atoms with Crippen LogP contribution in [0.4, 0.5) is 0 Å². The van der Waals surface area contributed by atoms with Gasteiger partial charge in [-0.05, 0) is 38.8 Å². The van der Waals surface area contributed by atoms with Gasteiger partial charge in [0.15, 0.2) is 0 Å². The Bertz CT molecular complexity index is 888. The maximum absolute atomic E-state index is 12.8. The number of ether oxygens (including phenoxy) is 3. The highest BCUT2D eigenvalue weighted by Gasteiger charge is 2.31. The second kappa shape index (κ2) is 10.5. The van der Waals surface area contributed by atoms with Gasteiger partial charge in [0.25, 0.3) is 5.22 Å². The van der Waals surface area contributed by atoms with Crippen LogP contribution in [0, 0.1) is 5.92 Å². The number of nitrogens with zero attached hydrogens (tertiary/aromatic N) is 3. The lowest BCUT2D eigenvalue weighted by atomic mass is 9.97. The molecule has 1 aromatic heterocycles. The number of methoxy groups -OCH3 is 2. The number of piperidine rings is 1. The first-order chi connectivity index (χ1) is 14.9.